The van der Waals surface area contributed by atoms with Gasteiger partial charge in [0.05, 0.1) is 10.6 Å². The first-order chi connectivity index (χ1) is 17.0. The SMILES string of the molecule is CCc1cc(-c2ccc(C)cc2)cc2c1N(S(=O)(=O)c1ccc(OCC(=O)O)c(C)c1)CC2C(C)C. The average molecular weight is 508 g/mol. The summed E-state index contributed by atoms with van der Waals surface area (Å²) >= 11 is 0. The fourth-order valence-electron chi connectivity index (χ4n) is 4.86. The van der Waals surface area contributed by atoms with Crippen molar-refractivity contribution in [2.45, 2.75) is 51.9 Å². The molecule has 0 saturated heterocycles. The second kappa shape index (κ2) is 9.97. The maximum atomic E-state index is 13.9. The Balaban J connectivity index is 1.80. The quantitative estimate of drug-likeness (QED) is 0.408. The Morgan fingerprint density at radius 1 is 1.06 bits per heavy atom. The highest BCUT2D eigenvalue weighted by Crippen LogP contribution is 2.47. The van der Waals surface area contributed by atoms with E-state index in [9.17, 15) is 13.2 Å². The summed E-state index contributed by atoms with van der Waals surface area (Å²) in [4.78, 5) is 11.0. The third-order valence-electron chi connectivity index (χ3n) is 6.89. The van der Waals surface area contributed by atoms with Crippen LogP contribution in [0.3, 0.4) is 0 Å². The number of hydrogen-bond donors (Lipinski definition) is 1. The second-order valence-electron chi connectivity index (χ2n) is 9.79. The number of anilines is 1. The normalized spacial score (nSPS) is 15.3. The summed E-state index contributed by atoms with van der Waals surface area (Å²) in [5, 5.41) is 8.88. The van der Waals surface area contributed by atoms with Crippen LogP contribution in [0.1, 0.15) is 48.9 Å². The van der Waals surface area contributed by atoms with Gasteiger partial charge in [0.25, 0.3) is 10.0 Å². The molecule has 1 aliphatic rings. The fourth-order valence-corrected chi connectivity index (χ4v) is 6.50. The Bertz CT molecular complexity index is 1390. The van der Waals surface area contributed by atoms with Crippen molar-refractivity contribution in [2.24, 2.45) is 5.92 Å². The van der Waals surface area contributed by atoms with Crippen molar-refractivity contribution in [3.8, 4) is 16.9 Å². The molecule has 1 N–H and O–H groups in total. The molecule has 36 heavy (non-hydrogen) atoms. The summed E-state index contributed by atoms with van der Waals surface area (Å²) < 4.78 is 34.7. The number of carboxylic acid groups (broad SMARTS) is 1. The van der Waals surface area contributed by atoms with Crippen LogP contribution in [0.15, 0.2) is 59.5 Å². The maximum Gasteiger partial charge on any atom is 0.341 e. The van der Waals surface area contributed by atoms with Gasteiger partial charge in [-0.25, -0.2) is 13.2 Å². The topological polar surface area (TPSA) is 83.9 Å². The molecule has 7 heteroatoms. The molecule has 0 aliphatic carbocycles. The van der Waals surface area contributed by atoms with E-state index < -0.39 is 22.6 Å². The van der Waals surface area contributed by atoms with E-state index in [1.165, 1.54) is 17.7 Å². The van der Waals surface area contributed by atoms with Gasteiger partial charge in [0.2, 0.25) is 0 Å². The molecule has 0 radical (unpaired) electrons. The van der Waals surface area contributed by atoms with E-state index in [2.05, 4.69) is 64.1 Å². The van der Waals surface area contributed by atoms with Crippen LogP contribution in [-0.2, 0) is 21.2 Å². The lowest BCUT2D eigenvalue weighted by molar-refractivity contribution is -0.139. The molecule has 1 heterocycles. The van der Waals surface area contributed by atoms with Gasteiger partial charge in [0.1, 0.15) is 5.75 Å². The van der Waals surface area contributed by atoms with Gasteiger partial charge < -0.3 is 9.84 Å². The van der Waals surface area contributed by atoms with Crippen LogP contribution in [0.5, 0.6) is 5.75 Å². The summed E-state index contributed by atoms with van der Waals surface area (Å²) in [6.07, 6.45) is 0.708. The molecule has 190 valence electrons. The number of carboxylic acids is 1. The lowest BCUT2D eigenvalue weighted by atomic mass is 9.87. The zero-order valence-electron chi connectivity index (χ0n) is 21.4. The molecule has 3 aromatic carbocycles. The highest BCUT2D eigenvalue weighted by molar-refractivity contribution is 7.92. The Kier molecular flexibility index (Phi) is 7.14. The van der Waals surface area contributed by atoms with Gasteiger partial charge in [-0.05, 0) is 84.3 Å². The first kappa shape index (κ1) is 25.8. The molecular formula is C29H33NO5S. The third kappa shape index (κ3) is 4.85. The number of rotatable bonds is 8. The highest BCUT2D eigenvalue weighted by atomic mass is 32.2. The molecule has 3 aromatic rings. The van der Waals surface area contributed by atoms with E-state index >= 15 is 0 Å². The molecule has 0 spiro atoms. The molecule has 0 amide bonds. The van der Waals surface area contributed by atoms with Crippen LogP contribution in [0.25, 0.3) is 11.1 Å². The van der Waals surface area contributed by atoms with Gasteiger partial charge in [0, 0.05) is 12.5 Å². The molecular weight excluding hydrogens is 474 g/mol. The van der Waals surface area contributed by atoms with Crippen molar-refractivity contribution in [3.05, 3.63) is 76.9 Å². The number of fused-ring (bicyclic) bond motifs is 1. The lowest BCUT2D eigenvalue weighted by Crippen LogP contribution is -2.31. The first-order valence-electron chi connectivity index (χ1n) is 12.2. The molecule has 4 rings (SSSR count). The van der Waals surface area contributed by atoms with Crippen molar-refractivity contribution in [2.75, 3.05) is 17.5 Å². The van der Waals surface area contributed by atoms with Gasteiger partial charge in [-0.15, -0.1) is 0 Å². The number of hydrogen-bond acceptors (Lipinski definition) is 4. The van der Waals surface area contributed by atoms with Crippen LogP contribution in [-0.4, -0.2) is 32.6 Å². The Hall–Kier alpha value is -3.32. The molecule has 0 aromatic heterocycles. The average Bonchev–Trinajstić information content (AvgIpc) is 3.24. The molecule has 1 unspecified atom stereocenters. The van der Waals surface area contributed by atoms with E-state index in [4.69, 9.17) is 9.84 Å². The molecule has 0 saturated carbocycles. The predicted molar refractivity (Wildman–Crippen MR) is 142 cm³/mol. The van der Waals surface area contributed by atoms with Crippen LogP contribution in [0.2, 0.25) is 0 Å². The third-order valence-corrected chi connectivity index (χ3v) is 8.65. The zero-order chi connectivity index (χ0) is 26.2. The van der Waals surface area contributed by atoms with Crippen LogP contribution >= 0.6 is 0 Å². The van der Waals surface area contributed by atoms with Gasteiger partial charge in [-0.1, -0.05) is 50.6 Å². The van der Waals surface area contributed by atoms with Crippen molar-refractivity contribution < 1.29 is 23.1 Å². The minimum atomic E-state index is -3.84. The van der Waals surface area contributed by atoms with E-state index in [0.29, 0.717) is 24.3 Å². The monoisotopic (exact) mass is 507 g/mol. The lowest BCUT2D eigenvalue weighted by Gasteiger charge is -2.23. The number of carbonyl (C=O) groups is 1. The largest absolute Gasteiger partial charge is 0.482 e. The number of benzene rings is 3. The Labute approximate surface area is 213 Å². The number of aryl methyl sites for hydroxylation is 3. The predicted octanol–water partition coefficient (Wildman–Crippen LogP) is 5.94. The summed E-state index contributed by atoms with van der Waals surface area (Å²) in [6.45, 7) is 10.0. The molecule has 0 bridgehead atoms. The smallest absolute Gasteiger partial charge is 0.341 e. The summed E-state index contributed by atoms with van der Waals surface area (Å²) in [7, 11) is -3.84. The number of nitrogens with zero attached hydrogens (tertiary/aromatic N) is 1. The Morgan fingerprint density at radius 3 is 2.33 bits per heavy atom. The second-order valence-corrected chi connectivity index (χ2v) is 11.7. The van der Waals surface area contributed by atoms with E-state index in [-0.39, 0.29) is 16.7 Å². The van der Waals surface area contributed by atoms with Gasteiger partial charge in [-0.3, -0.25) is 4.31 Å². The Morgan fingerprint density at radius 2 is 1.75 bits per heavy atom. The van der Waals surface area contributed by atoms with Crippen molar-refractivity contribution in [1.82, 2.24) is 0 Å². The fraction of sp³-hybridized carbons (Fsp3) is 0.345. The first-order valence-corrected chi connectivity index (χ1v) is 13.7. The van der Waals surface area contributed by atoms with E-state index in [1.54, 1.807) is 17.3 Å². The summed E-state index contributed by atoms with van der Waals surface area (Å²) in [5.74, 6) is -0.396. The van der Waals surface area contributed by atoms with Gasteiger partial charge in [-0.2, -0.15) is 0 Å². The summed E-state index contributed by atoms with van der Waals surface area (Å²) in [5.41, 5.74) is 6.86. The van der Waals surface area contributed by atoms with Gasteiger partial charge in [0.15, 0.2) is 6.61 Å². The zero-order valence-corrected chi connectivity index (χ0v) is 22.2. The number of sulfonamides is 1. The maximum absolute atomic E-state index is 13.9. The van der Waals surface area contributed by atoms with Crippen molar-refractivity contribution >= 4 is 21.7 Å². The summed E-state index contributed by atoms with van der Waals surface area (Å²) in [6, 6.07) is 17.3. The standard InChI is InChI=1S/C29H33NO5S/c1-6-21-14-23(22-9-7-19(4)8-10-22)15-25-26(18(2)3)16-30(29(21)25)36(33,34)24-11-12-27(20(5)13-24)35-17-28(31)32/h7-15,18,26H,6,16-17H2,1-5H3,(H,31,32). The van der Waals surface area contributed by atoms with Crippen LogP contribution in [0.4, 0.5) is 5.69 Å². The van der Waals surface area contributed by atoms with Gasteiger partial charge >= 0.3 is 5.97 Å². The molecule has 6 nitrogen and oxygen atoms in total. The minimum Gasteiger partial charge on any atom is -0.482 e. The van der Waals surface area contributed by atoms with E-state index in [0.717, 1.165) is 27.9 Å². The van der Waals surface area contributed by atoms with Crippen LogP contribution in [0, 0.1) is 19.8 Å². The number of ether oxygens (including phenoxy) is 1. The number of aliphatic carboxylic acids is 1. The minimum absolute atomic E-state index is 0.0738. The molecule has 0 fully saturated rings. The van der Waals surface area contributed by atoms with Crippen molar-refractivity contribution in [3.63, 3.8) is 0 Å². The highest BCUT2D eigenvalue weighted by Gasteiger charge is 2.39. The van der Waals surface area contributed by atoms with Crippen molar-refractivity contribution in [1.29, 1.82) is 0 Å². The van der Waals surface area contributed by atoms with E-state index in [1.807, 2.05) is 0 Å². The molecule has 1 atom stereocenters. The van der Waals surface area contributed by atoms with Crippen LogP contribution < -0.4 is 9.04 Å². The molecule has 1 aliphatic heterocycles.